The molecule has 1 unspecified atom stereocenters. The van der Waals surface area contributed by atoms with Crippen LogP contribution in [0.15, 0.2) is 12.3 Å². The minimum atomic E-state index is -0.467. The number of likely N-dealkylation sites (N-methyl/N-ethyl adjacent to an activating group) is 1. The van der Waals surface area contributed by atoms with Gasteiger partial charge in [0.25, 0.3) is 5.91 Å². The number of carbonyl (C=O) groups is 2. The number of carbonyl (C=O) groups excluding carboxylic acids is 2. The Morgan fingerprint density at radius 1 is 1.44 bits per heavy atom. The molecule has 2 amide bonds. The van der Waals surface area contributed by atoms with Crippen LogP contribution in [0.1, 0.15) is 12.5 Å². The highest BCUT2D eigenvalue weighted by Crippen LogP contribution is 2.21. The van der Waals surface area contributed by atoms with Crippen molar-refractivity contribution < 1.29 is 9.59 Å². The van der Waals surface area contributed by atoms with Gasteiger partial charge in [0.05, 0.1) is 18.7 Å². The fourth-order valence-corrected chi connectivity index (χ4v) is 2.21. The first-order chi connectivity index (χ1) is 8.66. The van der Waals surface area contributed by atoms with Gasteiger partial charge in [0.1, 0.15) is 11.9 Å². The first-order valence-electron chi connectivity index (χ1n) is 5.98. The summed E-state index contributed by atoms with van der Waals surface area (Å²) in [5.41, 5.74) is 0. The summed E-state index contributed by atoms with van der Waals surface area (Å²) in [7, 11) is 1.51. The minimum absolute atomic E-state index is 0.145. The van der Waals surface area contributed by atoms with Crippen LogP contribution >= 0.6 is 0 Å². The van der Waals surface area contributed by atoms with Crippen molar-refractivity contribution in [3.8, 4) is 0 Å². The topological polar surface area (TPSA) is 79.3 Å². The van der Waals surface area contributed by atoms with Crippen molar-refractivity contribution in [2.45, 2.75) is 18.5 Å². The molecule has 2 fully saturated rings. The molecule has 0 aromatic carbocycles. The molecular formula is C11H15N5O2. The number of anilines is 1. The largest absolute Gasteiger partial charge is 0.358 e. The van der Waals surface area contributed by atoms with Gasteiger partial charge in [-0.25, -0.2) is 4.68 Å². The van der Waals surface area contributed by atoms with Crippen LogP contribution in [0.5, 0.6) is 0 Å². The van der Waals surface area contributed by atoms with Gasteiger partial charge in [-0.15, -0.1) is 0 Å². The molecule has 7 heteroatoms. The van der Waals surface area contributed by atoms with Gasteiger partial charge < -0.3 is 10.6 Å². The van der Waals surface area contributed by atoms with Crippen LogP contribution in [0, 0.1) is 0 Å². The average Bonchev–Trinajstić information content (AvgIpc) is 2.80. The van der Waals surface area contributed by atoms with E-state index < -0.39 is 6.04 Å². The highest BCUT2D eigenvalue weighted by atomic mass is 16.2. The SMILES string of the molecule is CN1C(=O)CC(Nc2ccnn2C2CNC2)C1=O. The molecule has 0 spiro atoms. The van der Waals surface area contributed by atoms with E-state index in [2.05, 4.69) is 15.7 Å². The Kier molecular flexibility index (Phi) is 2.55. The smallest absolute Gasteiger partial charge is 0.251 e. The van der Waals surface area contributed by atoms with Crippen molar-refractivity contribution >= 4 is 17.6 Å². The van der Waals surface area contributed by atoms with E-state index in [4.69, 9.17) is 0 Å². The summed E-state index contributed by atoms with van der Waals surface area (Å²) >= 11 is 0. The van der Waals surface area contributed by atoms with Crippen LogP contribution < -0.4 is 10.6 Å². The number of nitrogens with zero attached hydrogens (tertiary/aromatic N) is 3. The standard InChI is InChI=1S/C11H15N5O2/c1-15-10(17)4-8(11(15)18)14-9-2-3-13-16(9)7-5-12-6-7/h2-3,7-8,12,14H,4-6H2,1H3. The third kappa shape index (κ3) is 1.67. The molecule has 1 aromatic heterocycles. The quantitative estimate of drug-likeness (QED) is 0.685. The Hall–Kier alpha value is -1.89. The molecule has 96 valence electrons. The summed E-state index contributed by atoms with van der Waals surface area (Å²) in [6, 6.07) is 1.69. The molecule has 18 heavy (non-hydrogen) atoms. The number of nitrogens with one attached hydrogen (secondary N) is 2. The van der Waals surface area contributed by atoms with E-state index in [1.807, 2.05) is 10.7 Å². The fraction of sp³-hybridized carbons (Fsp3) is 0.545. The van der Waals surface area contributed by atoms with Gasteiger partial charge in [-0.2, -0.15) is 5.10 Å². The van der Waals surface area contributed by atoms with Crippen molar-refractivity contribution in [2.24, 2.45) is 0 Å². The van der Waals surface area contributed by atoms with Gasteiger partial charge >= 0.3 is 0 Å². The number of hydrogen-bond donors (Lipinski definition) is 2. The van der Waals surface area contributed by atoms with Crippen LogP contribution in [-0.4, -0.2) is 52.7 Å². The number of hydrogen-bond acceptors (Lipinski definition) is 5. The summed E-state index contributed by atoms with van der Waals surface area (Å²) in [5, 5.41) is 10.5. The first-order valence-corrected chi connectivity index (χ1v) is 5.98. The van der Waals surface area contributed by atoms with Crippen LogP contribution in [0.4, 0.5) is 5.82 Å². The molecule has 0 aliphatic carbocycles. The van der Waals surface area contributed by atoms with E-state index in [0.29, 0.717) is 6.04 Å². The number of likely N-dealkylation sites (tertiary alicyclic amines) is 1. The molecule has 0 saturated carbocycles. The van der Waals surface area contributed by atoms with Crippen LogP contribution in [0.25, 0.3) is 0 Å². The fourth-order valence-electron chi connectivity index (χ4n) is 2.21. The lowest BCUT2D eigenvalue weighted by Crippen LogP contribution is -2.44. The molecule has 2 N–H and O–H groups in total. The number of aromatic nitrogens is 2. The van der Waals surface area contributed by atoms with Crippen molar-refractivity contribution in [3.63, 3.8) is 0 Å². The predicted molar refractivity (Wildman–Crippen MR) is 63.9 cm³/mol. The molecule has 2 aliphatic heterocycles. The molecular weight excluding hydrogens is 234 g/mol. The highest BCUT2D eigenvalue weighted by molar-refractivity contribution is 6.06. The van der Waals surface area contributed by atoms with E-state index >= 15 is 0 Å². The second-order valence-electron chi connectivity index (χ2n) is 4.67. The molecule has 3 rings (SSSR count). The highest BCUT2D eigenvalue weighted by Gasteiger charge is 2.36. The Morgan fingerprint density at radius 3 is 2.78 bits per heavy atom. The summed E-state index contributed by atoms with van der Waals surface area (Å²) in [5.74, 6) is 0.469. The molecule has 3 heterocycles. The molecule has 7 nitrogen and oxygen atoms in total. The lowest BCUT2D eigenvalue weighted by molar-refractivity contribution is -0.136. The monoisotopic (exact) mass is 249 g/mol. The summed E-state index contributed by atoms with van der Waals surface area (Å²) in [6.45, 7) is 1.77. The predicted octanol–water partition coefficient (Wildman–Crippen LogP) is -0.803. The molecule has 2 aliphatic rings. The number of rotatable bonds is 3. The van der Waals surface area contributed by atoms with Crippen LogP contribution in [0.2, 0.25) is 0 Å². The Bertz CT molecular complexity index is 493. The maximum absolute atomic E-state index is 11.8. The van der Waals surface area contributed by atoms with Crippen molar-refractivity contribution in [2.75, 3.05) is 25.5 Å². The number of imide groups is 1. The van der Waals surface area contributed by atoms with Crippen molar-refractivity contribution in [1.82, 2.24) is 20.0 Å². The maximum Gasteiger partial charge on any atom is 0.251 e. The second-order valence-corrected chi connectivity index (χ2v) is 4.67. The second kappa shape index (κ2) is 4.09. The van der Waals surface area contributed by atoms with E-state index in [-0.39, 0.29) is 18.2 Å². The number of amides is 2. The van der Waals surface area contributed by atoms with Gasteiger partial charge in [-0.1, -0.05) is 0 Å². The van der Waals surface area contributed by atoms with Crippen LogP contribution in [0.3, 0.4) is 0 Å². The van der Waals surface area contributed by atoms with Crippen molar-refractivity contribution in [3.05, 3.63) is 12.3 Å². The lowest BCUT2D eigenvalue weighted by Gasteiger charge is -2.29. The van der Waals surface area contributed by atoms with E-state index in [0.717, 1.165) is 18.9 Å². The van der Waals surface area contributed by atoms with Crippen molar-refractivity contribution in [1.29, 1.82) is 0 Å². The molecule has 0 bridgehead atoms. The van der Waals surface area contributed by atoms with Gasteiger partial charge in [0.2, 0.25) is 5.91 Å². The van der Waals surface area contributed by atoms with Crippen LogP contribution in [-0.2, 0) is 9.59 Å². The first kappa shape index (κ1) is 11.2. The third-order valence-corrected chi connectivity index (χ3v) is 3.48. The Balaban J connectivity index is 1.75. The molecule has 2 saturated heterocycles. The summed E-state index contributed by atoms with van der Waals surface area (Å²) in [6.07, 6.45) is 1.91. The van der Waals surface area contributed by atoms with Gasteiger partial charge in [0, 0.05) is 26.2 Å². The zero-order chi connectivity index (χ0) is 12.7. The summed E-state index contributed by atoms with van der Waals surface area (Å²) < 4.78 is 1.87. The zero-order valence-corrected chi connectivity index (χ0v) is 10.1. The van der Waals surface area contributed by atoms with E-state index in [9.17, 15) is 9.59 Å². The zero-order valence-electron chi connectivity index (χ0n) is 10.1. The average molecular weight is 249 g/mol. The lowest BCUT2D eigenvalue weighted by atomic mass is 10.2. The molecule has 0 radical (unpaired) electrons. The normalized spacial score (nSPS) is 24.5. The van der Waals surface area contributed by atoms with E-state index in [1.165, 1.54) is 11.9 Å². The van der Waals surface area contributed by atoms with Gasteiger partial charge in [0.15, 0.2) is 0 Å². The van der Waals surface area contributed by atoms with E-state index in [1.54, 1.807) is 6.20 Å². The minimum Gasteiger partial charge on any atom is -0.358 e. The van der Waals surface area contributed by atoms with Gasteiger partial charge in [-0.3, -0.25) is 14.5 Å². The summed E-state index contributed by atoms with van der Waals surface area (Å²) in [4.78, 5) is 24.4. The maximum atomic E-state index is 11.8. The Morgan fingerprint density at radius 2 is 2.22 bits per heavy atom. The Labute approximate surface area is 104 Å². The molecule has 1 aromatic rings. The van der Waals surface area contributed by atoms with Gasteiger partial charge in [-0.05, 0) is 0 Å². The molecule has 1 atom stereocenters. The third-order valence-electron chi connectivity index (χ3n) is 3.48.